The van der Waals surface area contributed by atoms with Crippen LogP contribution < -0.4 is 0 Å². The Labute approximate surface area is 137 Å². The fraction of sp³-hybridized carbons (Fsp3) is 0.647. The van der Waals surface area contributed by atoms with E-state index in [4.69, 9.17) is 4.74 Å². The molecule has 1 amide bonds. The van der Waals surface area contributed by atoms with Gasteiger partial charge in [-0.05, 0) is 40.5 Å². The molecule has 0 aromatic carbocycles. The second-order valence-electron chi connectivity index (χ2n) is 6.82. The molecule has 126 valence electrons. The molecule has 23 heavy (non-hydrogen) atoms. The van der Waals surface area contributed by atoms with Crippen LogP contribution in [-0.2, 0) is 4.74 Å². The summed E-state index contributed by atoms with van der Waals surface area (Å²) in [5.41, 5.74) is -0.208. The van der Waals surface area contributed by atoms with Crippen molar-refractivity contribution in [2.45, 2.75) is 65.0 Å². The zero-order valence-corrected chi connectivity index (χ0v) is 14.3. The highest BCUT2D eigenvalue weighted by atomic mass is 16.6. The molecule has 0 bridgehead atoms. The number of carbonyl (C=O) groups is 2. The van der Waals surface area contributed by atoms with Crippen molar-refractivity contribution in [2.24, 2.45) is 0 Å². The number of hydrogen-bond donors (Lipinski definition) is 0. The van der Waals surface area contributed by atoms with Crippen molar-refractivity contribution >= 4 is 11.9 Å². The molecule has 1 aromatic rings. The van der Waals surface area contributed by atoms with E-state index >= 15 is 0 Å². The summed E-state index contributed by atoms with van der Waals surface area (Å²) in [7, 11) is 0. The van der Waals surface area contributed by atoms with Gasteiger partial charge in [-0.15, -0.1) is 0 Å². The third-order valence-corrected chi connectivity index (χ3v) is 3.85. The topological polar surface area (TPSA) is 72.4 Å². The van der Waals surface area contributed by atoms with Gasteiger partial charge in [-0.1, -0.05) is 12.8 Å². The van der Waals surface area contributed by atoms with E-state index in [0.717, 1.165) is 25.7 Å². The van der Waals surface area contributed by atoms with Crippen molar-refractivity contribution in [2.75, 3.05) is 6.54 Å². The molecule has 0 spiro atoms. The van der Waals surface area contributed by atoms with Crippen LogP contribution in [0.15, 0.2) is 12.4 Å². The Hall–Kier alpha value is -1.98. The number of nitrogens with zero attached hydrogens (tertiary/aromatic N) is 3. The van der Waals surface area contributed by atoms with Crippen LogP contribution in [0, 0.1) is 0 Å². The van der Waals surface area contributed by atoms with Crippen LogP contribution in [0.25, 0.3) is 0 Å². The van der Waals surface area contributed by atoms with E-state index in [2.05, 4.69) is 9.97 Å². The lowest BCUT2D eigenvalue weighted by Gasteiger charge is -2.27. The minimum Gasteiger partial charge on any atom is -0.455 e. The number of hydrogen-bond acceptors (Lipinski definition) is 5. The first-order chi connectivity index (χ1) is 10.8. The van der Waals surface area contributed by atoms with E-state index in [-0.39, 0.29) is 17.3 Å². The average Bonchev–Trinajstić information content (AvgIpc) is 3.00. The monoisotopic (exact) mass is 319 g/mol. The zero-order valence-electron chi connectivity index (χ0n) is 14.3. The molecule has 1 heterocycles. The van der Waals surface area contributed by atoms with Crippen molar-refractivity contribution in [3.8, 4) is 0 Å². The number of ether oxygens (including phenoxy) is 1. The third kappa shape index (κ3) is 4.50. The SMILES string of the molecule is CCN(C(=O)c1cnc(C(=O)OC(C)(C)C)cn1)C1CCCC1. The maximum Gasteiger partial charge on any atom is 0.359 e. The number of amides is 1. The first-order valence-corrected chi connectivity index (χ1v) is 8.18. The molecule has 2 rings (SSSR count). The van der Waals surface area contributed by atoms with Crippen LogP contribution in [0.2, 0.25) is 0 Å². The number of aromatic nitrogens is 2. The number of esters is 1. The second kappa shape index (κ2) is 7.06. The van der Waals surface area contributed by atoms with Crippen molar-refractivity contribution in [3.63, 3.8) is 0 Å². The summed E-state index contributed by atoms with van der Waals surface area (Å²) >= 11 is 0. The summed E-state index contributed by atoms with van der Waals surface area (Å²) < 4.78 is 5.24. The molecule has 6 heteroatoms. The van der Waals surface area contributed by atoms with E-state index < -0.39 is 11.6 Å². The van der Waals surface area contributed by atoms with Gasteiger partial charge in [0.1, 0.15) is 11.3 Å². The van der Waals surface area contributed by atoms with Gasteiger partial charge >= 0.3 is 5.97 Å². The Morgan fingerprint density at radius 2 is 1.74 bits per heavy atom. The van der Waals surface area contributed by atoms with Crippen molar-refractivity contribution < 1.29 is 14.3 Å². The maximum absolute atomic E-state index is 12.6. The molecule has 0 saturated heterocycles. The van der Waals surface area contributed by atoms with Crippen molar-refractivity contribution in [1.82, 2.24) is 14.9 Å². The van der Waals surface area contributed by atoms with Crippen molar-refractivity contribution in [1.29, 1.82) is 0 Å². The molecule has 1 saturated carbocycles. The van der Waals surface area contributed by atoms with Gasteiger partial charge in [0.15, 0.2) is 5.69 Å². The van der Waals surface area contributed by atoms with E-state index in [1.807, 2.05) is 11.8 Å². The Morgan fingerprint density at radius 3 is 2.22 bits per heavy atom. The molecule has 0 atom stereocenters. The fourth-order valence-electron chi connectivity index (χ4n) is 2.80. The highest BCUT2D eigenvalue weighted by Gasteiger charge is 2.27. The van der Waals surface area contributed by atoms with Gasteiger partial charge in [-0.25, -0.2) is 14.8 Å². The maximum atomic E-state index is 12.6. The Morgan fingerprint density at radius 1 is 1.17 bits per heavy atom. The molecule has 1 aliphatic rings. The van der Waals surface area contributed by atoms with Crippen LogP contribution in [0.5, 0.6) is 0 Å². The predicted molar refractivity (Wildman–Crippen MR) is 86.2 cm³/mol. The minimum absolute atomic E-state index is 0.111. The molecule has 0 unspecified atom stereocenters. The Bertz CT molecular complexity index is 557. The summed E-state index contributed by atoms with van der Waals surface area (Å²) in [4.78, 5) is 34.5. The normalized spacial score (nSPS) is 15.5. The van der Waals surface area contributed by atoms with Crippen LogP contribution in [0.4, 0.5) is 0 Å². The summed E-state index contributed by atoms with van der Waals surface area (Å²) in [6.07, 6.45) is 7.09. The van der Waals surface area contributed by atoms with E-state index in [0.29, 0.717) is 12.6 Å². The fourth-order valence-corrected chi connectivity index (χ4v) is 2.80. The highest BCUT2D eigenvalue weighted by Crippen LogP contribution is 2.24. The second-order valence-corrected chi connectivity index (χ2v) is 6.82. The first-order valence-electron chi connectivity index (χ1n) is 8.18. The Kier molecular flexibility index (Phi) is 5.34. The average molecular weight is 319 g/mol. The van der Waals surface area contributed by atoms with Crippen LogP contribution in [-0.4, -0.2) is 44.9 Å². The molecular weight excluding hydrogens is 294 g/mol. The molecule has 0 N–H and O–H groups in total. The lowest BCUT2D eigenvalue weighted by Crippen LogP contribution is -2.39. The standard InChI is InChI=1S/C17H25N3O3/c1-5-20(12-8-6-7-9-12)15(21)13-10-19-14(11-18-13)16(22)23-17(2,3)4/h10-12H,5-9H2,1-4H3. The molecule has 0 radical (unpaired) electrons. The van der Waals surface area contributed by atoms with Crippen LogP contribution in [0.1, 0.15) is 74.4 Å². The van der Waals surface area contributed by atoms with Gasteiger partial charge in [0.2, 0.25) is 0 Å². The smallest absolute Gasteiger partial charge is 0.359 e. The van der Waals surface area contributed by atoms with Crippen LogP contribution in [0.3, 0.4) is 0 Å². The van der Waals surface area contributed by atoms with Gasteiger partial charge in [-0.3, -0.25) is 4.79 Å². The highest BCUT2D eigenvalue weighted by molar-refractivity contribution is 5.93. The van der Waals surface area contributed by atoms with Gasteiger partial charge < -0.3 is 9.64 Å². The predicted octanol–water partition coefficient (Wildman–Crippen LogP) is 2.84. The van der Waals surface area contributed by atoms with E-state index in [1.54, 1.807) is 20.8 Å². The van der Waals surface area contributed by atoms with E-state index in [1.165, 1.54) is 12.4 Å². The summed E-state index contributed by atoms with van der Waals surface area (Å²) in [6.45, 7) is 7.99. The quantitative estimate of drug-likeness (QED) is 0.798. The largest absolute Gasteiger partial charge is 0.455 e. The van der Waals surface area contributed by atoms with Gasteiger partial charge in [0.05, 0.1) is 12.4 Å². The van der Waals surface area contributed by atoms with Gasteiger partial charge in [-0.2, -0.15) is 0 Å². The summed E-state index contributed by atoms with van der Waals surface area (Å²) in [5.74, 6) is -0.658. The van der Waals surface area contributed by atoms with Crippen molar-refractivity contribution in [3.05, 3.63) is 23.8 Å². The number of rotatable bonds is 4. The lowest BCUT2D eigenvalue weighted by molar-refractivity contribution is 0.00618. The molecular formula is C17H25N3O3. The minimum atomic E-state index is -0.589. The van der Waals surface area contributed by atoms with Gasteiger partial charge in [0.25, 0.3) is 5.91 Å². The third-order valence-electron chi connectivity index (χ3n) is 3.85. The number of carbonyl (C=O) groups excluding carboxylic acids is 2. The molecule has 0 aliphatic heterocycles. The molecule has 1 aliphatic carbocycles. The summed E-state index contributed by atoms with van der Waals surface area (Å²) in [5, 5.41) is 0. The van der Waals surface area contributed by atoms with E-state index in [9.17, 15) is 9.59 Å². The molecule has 6 nitrogen and oxygen atoms in total. The molecule has 1 fully saturated rings. The van der Waals surface area contributed by atoms with Crippen LogP contribution >= 0.6 is 0 Å². The lowest BCUT2D eigenvalue weighted by atomic mass is 10.2. The molecule has 1 aromatic heterocycles. The summed E-state index contributed by atoms with van der Waals surface area (Å²) in [6, 6.07) is 0.292. The van der Waals surface area contributed by atoms with Gasteiger partial charge in [0, 0.05) is 12.6 Å². The Balaban J connectivity index is 2.09. The zero-order chi connectivity index (χ0) is 17.0. The first kappa shape index (κ1) is 17.4.